The first-order valence-corrected chi connectivity index (χ1v) is 6.80. The van der Waals surface area contributed by atoms with Crippen LogP contribution in [0.2, 0.25) is 0 Å². The minimum atomic E-state index is -1.16. The molecule has 2 aromatic rings. The molecule has 102 valence electrons. The van der Waals surface area contributed by atoms with Crippen molar-refractivity contribution in [2.24, 2.45) is 0 Å². The Bertz CT molecular complexity index is 576. The second kappa shape index (κ2) is 5.75. The highest BCUT2D eigenvalue weighted by Gasteiger charge is 2.16. The lowest BCUT2D eigenvalue weighted by molar-refractivity contribution is 0.498. The van der Waals surface area contributed by atoms with Crippen LogP contribution in [0.4, 0.5) is 13.2 Å². The maximum absolute atomic E-state index is 13.7. The highest BCUT2D eigenvalue weighted by Crippen LogP contribution is 2.34. The molecule has 1 aromatic heterocycles. The maximum Gasteiger partial charge on any atom is 0.167 e. The summed E-state index contributed by atoms with van der Waals surface area (Å²) in [4.78, 5) is 1.55. The molecule has 0 aliphatic heterocycles. The molecule has 0 fully saturated rings. The molecule has 1 unspecified atom stereocenters. The van der Waals surface area contributed by atoms with Crippen molar-refractivity contribution in [2.75, 3.05) is 7.05 Å². The van der Waals surface area contributed by atoms with Crippen LogP contribution in [0.25, 0.3) is 10.4 Å². The first-order chi connectivity index (χ1) is 9.06. The molecule has 5 heteroatoms. The van der Waals surface area contributed by atoms with Gasteiger partial charge in [-0.2, -0.15) is 0 Å². The zero-order valence-electron chi connectivity index (χ0n) is 10.6. The van der Waals surface area contributed by atoms with E-state index in [9.17, 15) is 13.2 Å². The van der Waals surface area contributed by atoms with Gasteiger partial charge in [0.1, 0.15) is 5.82 Å². The lowest BCUT2D eigenvalue weighted by atomic mass is 10.1. The van der Waals surface area contributed by atoms with E-state index in [-0.39, 0.29) is 11.6 Å². The van der Waals surface area contributed by atoms with Gasteiger partial charge in [-0.1, -0.05) is 6.92 Å². The number of hydrogen-bond donors (Lipinski definition) is 1. The van der Waals surface area contributed by atoms with E-state index >= 15 is 0 Å². The molecule has 0 bridgehead atoms. The monoisotopic (exact) mass is 285 g/mol. The van der Waals surface area contributed by atoms with Gasteiger partial charge in [0.15, 0.2) is 11.6 Å². The Hall–Kier alpha value is -1.33. The number of nitrogens with one attached hydrogen (secondary N) is 1. The van der Waals surface area contributed by atoms with Crippen LogP contribution in [0, 0.1) is 17.5 Å². The van der Waals surface area contributed by atoms with E-state index in [1.54, 1.807) is 6.07 Å². The Morgan fingerprint density at radius 2 is 1.95 bits per heavy atom. The van der Waals surface area contributed by atoms with Gasteiger partial charge < -0.3 is 5.32 Å². The molecule has 0 spiro atoms. The van der Waals surface area contributed by atoms with Gasteiger partial charge in [-0.25, -0.2) is 13.2 Å². The van der Waals surface area contributed by atoms with E-state index in [4.69, 9.17) is 0 Å². The third-order valence-electron chi connectivity index (χ3n) is 2.99. The smallest absolute Gasteiger partial charge is 0.167 e. The van der Waals surface area contributed by atoms with Crippen molar-refractivity contribution in [2.45, 2.75) is 19.4 Å². The van der Waals surface area contributed by atoms with E-state index in [1.165, 1.54) is 11.3 Å². The predicted octanol–water partition coefficient (Wildman–Crippen LogP) is 4.50. The van der Waals surface area contributed by atoms with Crippen LogP contribution in [0.1, 0.15) is 24.3 Å². The quantitative estimate of drug-likeness (QED) is 0.815. The van der Waals surface area contributed by atoms with E-state index in [2.05, 4.69) is 5.32 Å². The van der Waals surface area contributed by atoms with Crippen LogP contribution in [-0.4, -0.2) is 7.05 Å². The van der Waals surface area contributed by atoms with Crippen molar-refractivity contribution >= 4 is 11.3 Å². The first-order valence-electron chi connectivity index (χ1n) is 5.98. The molecule has 0 radical (unpaired) electrons. The zero-order chi connectivity index (χ0) is 14.0. The standard InChI is InChI=1S/C14H14F3NS/c1-3-11(18-2)13-5-4-12(19-13)9-6-8(15)7-10(16)14(9)17/h4-7,11,18H,3H2,1-2H3. The second-order valence-corrected chi connectivity index (χ2v) is 5.32. The molecule has 0 amide bonds. The molecular formula is C14H14F3NS. The molecular weight excluding hydrogens is 271 g/mol. The van der Waals surface area contributed by atoms with E-state index in [0.29, 0.717) is 10.9 Å². The van der Waals surface area contributed by atoms with E-state index in [0.717, 1.165) is 17.4 Å². The number of halogens is 3. The lowest BCUT2D eigenvalue weighted by Gasteiger charge is -2.10. The zero-order valence-corrected chi connectivity index (χ0v) is 11.5. The summed E-state index contributed by atoms with van der Waals surface area (Å²) in [6.07, 6.45) is 0.885. The summed E-state index contributed by atoms with van der Waals surface area (Å²) in [5.74, 6) is -2.94. The third-order valence-corrected chi connectivity index (χ3v) is 4.22. The second-order valence-electron chi connectivity index (χ2n) is 4.20. The number of rotatable bonds is 4. The van der Waals surface area contributed by atoms with Gasteiger partial charge in [0, 0.05) is 27.4 Å². The molecule has 1 heterocycles. The number of thiophene rings is 1. The molecule has 1 aromatic carbocycles. The summed E-state index contributed by atoms with van der Waals surface area (Å²) in [6, 6.07) is 5.29. The third kappa shape index (κ3) is 2.82. The Balaban J connectivity index is 2.43. The molecule has 1 N–H and O–H groups in total. The molecule has 1 atom stereocenters. The topological polar surface area (TPSA) is 12.0 Å². The molecule has 19 heavy (non-hydrogen) atoms. The van der Waals surface area contributed by atoms with Gasteiger partial charge in [-0.05, 0) is 31.7 Å². The lowest BCUT2D eigenvalue weighted by Crippen LogP contribution is -2.13. The molecule has 0 saturated carbocycles. The van der Waals surface area contributed by atoms with Gasteiger partial charge in [0.25, 0.3) is 0 Å². The van der Waals surface area contributed by atoms with Crippen LogP contribution in [0.15, 0.2) is 24.3 Å². The molecule has 0 saturated heterocycles. The van der Waals surface area contributed by atoms with Crippen molar-refractivity contribution in [3.05, 3.63) is 46.6 Å². The summed E-state index contributed by atoms with van der Waals surface area (Å²) >= 11 is 1.34. The SMILES string of the molecule is CCC(NC)c1ccc(-c2cc(F)cc(F)c2F)s1. The minimum absolute atomic E-state index is 0.0280. The van der Waals surface area contributed by atoms with Gasteiger partial charge in [-0.3, -0.25) is 0 Å². The Kier molecular flexibility index (Phi) is 4.27. The summed E-state index contributed by atoms with van der Waals surface area (Å²) in [6.45, 7) is 2.03. The molecule has 2 rings (SSSR count). The summed E-state index contributed by atoms with van der Waals surface area (Å²) in [5, 5.41) is 3.14. The van der Waals surface area contributed by atoms with Gasteiger partial charge >= 0.3 is 0 Å². The van der Waals surface area contributed by atoms with Crippen LogP contribution >= 0.6 is 11.3 Å². The van der Waals surface area contributed by atoms with Gasteiger partial charge in [0.2, 0.25) is 0 Å². The largest absolute Gasteiger partial charge is 0.312 e. The Morgan fingerprint density at radius 1 is 1.21 bits per heavy atom. The Morgan fingerprint density at radius 3 is 2.58 bits per heavy atom. The van der Waals surface area contributed by atoms with Crippen molar-refractivity contribution in [1.29, 1.82) is 0 Å². The fourth-order valence-electron chi connectivity index (χ4n) is 1.97. The number of hydrogen-bond acceptors (Lipinski definition) is 2. The Labute approximate surface area is 114 Å². The fourth-order valence-corrected chi connectivity index (χ4v) is 3.18. The predicted molar refractivity (Wildman–Crippen MR) is 71.7 cm³/mol. The molecule has 0 aliphatic carbocycles. The molecule has 0 aliphatic rings. The van der Waals surface area contributed by atoms with Crippen molar-refractivity contribution < 1.29 is 13.2 Å². The average molecular weight is 285 g/mol. The van der Waals surface area contributed by atoms with Gasteiger partial charge in [-0.15, -0.1) is 11.3 Å². The summed E-state index contributed by atoms with van der Waals surface area (Å²) in [5.41, 5.74) is -0.0280. The highest BCUT2D eigenvalue weighted by atomic mass is 32.1. The average Bonchev–Trinajstić information content (AvgIpc) is 2.85. The fraction of sp³-hybridized carbons (Fsp3) is 0.286. The highest BCUT2D eigenvalue weighted by molar-refractivity contribution is 7.15. The van der Waals surface area contributed by atoms with E-state index < -0.39 is 17.5 Å². The van der Waals surface area contributed by atoms with Crippen molar-refractivity contribution in [3.8, 4) is 10.4 Å². The summed E-state index contributed by atoms with van der Waals surface area (Å²) in [7, 11) is 1.84. The van der Waals surface area contributed by atoms with Crippen LogP contribution in [0.3, 0.4) is 0 Å². The van der Waals surface area contributed by atoms with Gasteiger partial charge in [0.05, 0.1) is 0 Å². The summed E-state index contributed by atoms with van der Waals surface area (Å²) < 4.78 is 40.1. The van der Waals surface area contributed by atoms with E-state index in [1.807, 2.05) is 20.0 Å². The van der Waals surface area contributed by atoms with Crippen molar-refractivity contribution in [1.82, 2.24) is 5.32 Å². The van der Waals surface area contributed by atoms with Crippen molar-refractivity contribution in [3.63, 3.8) is 0 Å². The van der Waals surface area contributed by atoms with Crippen LogP contribution < -0.4 is 5.32 Å². The first kappa shape index (κ1) is 14.1. The van der Waals surface area contributed by atoms with Crippen LogP contribution in [0.5, 0.6) is 0 Å². The van der Waals surface area contributed by atoms with Crippen LogP contribution in [-0.2, 0) is 0 Å². The normalized spacial score (nSPS) is 12.7. The molecule has 1 nitrogen and oxygen atoms in total. The maximum atomic E-state index is 13.7. The minimum Gasteiger partial charge on any atom is -0.312 e. The number of benzene rings is 1.